The molecule has 0 saturated heterocycles. The minimum Gasteiger partial charge on any atom is -0.339 e. The summed E-state index contributed by atoms with van der Waals surface area (Å²) in [4.78, 5) is 0. The van der Waals surface area contributed by atoms with Crippen molar-refractivity contribution in [2.24, 2.45) is 0 Å². The molecule has 0 atom stereocenters. The predicted octanol–water partition coefficient (Wildman–Crippen LogP) is 7.46. The van der Waals surface area contributed by atoms with Crippen molar-refractivity contribution in [1.29, 1.82) is 0 Å². The highest BCUT2D eigenvalue weighted by Crippen LogP contribution is 2.35. The van der Waals surface area contributed by atoms with Gasteiger partial charge in [0.1, 0.15) is 0 Å². The Morgan fingerprint density at radius 2 is 0.968 bits per heavy atom. The molecular formula is C30H25N. The number of rotatable bonds is 6. The Bertz CT molecular complexity index is 1140. The molecule has 1 aromatic heterocycles. The van der Waals surface area contributed by atoms with E-state index in [0.29, 0.717) is 0 Å². The Kier molecular flexibility index (Phi) is 5.49. The Morgan fingerprint density at radius 3 is 1.55 bits per heavy atom. The van der Waals surface area contributed by atoms with Gasteiger partial charge in [-0.1, -0.05) is 121 Å². The molecule has 0 bridgehead atoms. The molecule has 0 fully saturated rings. The molecule has 1 heterocycles. The summed E-state index contributed by atoms with van der Waals surface area (Å²) in [5, 5.41) is 0. The summed E-state index contributed by atoms with van der Waals surface area (Å²) in [7, 11) is 0. The standard InChI is InChI=1S/C30H25N/c1-5-13-24(14-6-1)21-30-28(26-17-9-3-10-18-26)22-29(27-19-11-4-12-20-27)31(30)23-25-15-7-2-8-16-25/h1-20,22H,21,23H2. The topological polar surface area (TPSA) is 4.93 Å². The van der Waals surface area contributed by atoms with Gasteiger partial charge in [0.05, 0.1) is 0 Å². The first-order valence-electron chi connectivity index (χ1n) is 10.8. The minimum atomic E-state index is 0.847. The summed E-state index contributed by atoms with van der Waals surface area (Å²) < 4.78 is 2.50. The first kappa shape index (κ1) is 19.1. The van der Waals surface area contributed by atoms with Crippen LogP contribution in [0.2, 0.25) is 0 Å². The summed E-state index contributed by atoms with van der Waals surface area (Å²) in [6.45, 7) is 0.847. The fraction of sp³-hybridized carbons (Fsp3) is 0.0667. The van der Waals surface area contributed by atoms with Gasteiger partial charge in [-0.3, -0.25) is 0 Å². The van der Waals surface area contributed by atoms with Crippen molar-refractivity contribution in [1.82, 2.24) is 4.57 Å². The third kappa shape index (κ3) is 4.22. The highest BCUT2D eigenvalue weighted by Gasteiger charge is 2.18. The van der Waals surface area contributed by atoms with E-state index < -0.39 is 0 Å². The lowest BCUT2D eigenvalue weighted by Gasteiger charge is -2.16. The van der Waals surface area contributed by atoms with E-state index in [0.717, 1.165) is 13.0 Å². The SMILES string of the molecule is c1ccc(Cc2c(-c3ccccc3)cc(-c3ccccc3)n2Cc2ccccc2)cc1. The third-order valence-corrected chi connectivity index (χ3v) is 5.76. The smallest absolute Gasteiger partial charge is 0.0492 e. The quantitative estimate of drug-likeness (QED) is 0.279. The zero-order valence-electron chi connectivity index (χ0n) is 17.5. The molecule has 0 saturated carbocycles. The molecule has 0 unspecified atom stereocenters. The fourth-order valence-electron chi connectivity index (χ4n) is 4.23. The van der Waals surface area contributed by atoms with Crippen LogP contribution in [0.3, 0.4) is 0 Å². The zero-order valence-corrected chi connectivity index (χ0v) is 17.5. The van der Waals surface area contributed by atoms with Crippen LogP contribution in [0.4, 0.5) is 0 Å². The van der Waals surface area contributed by atoms with Crippen molar-refractivity contribution in [2.75, 3.05) is 0 Å². The molecule has 0 aliphatic heterocycles. The van der Waals surface area contributed by atoms with Crippen LogP contribution >= 0.6 is 0 Å². The van der Waals surface area contributed by atoms with Gasteiger partial charge in [-0.05, 0) is 28.3 Å². The lowest BCUT2D eigenvalue weighted by atomic mass is 10.0. The van der Waals surface area contributed by atoms with Gasteiger partial charge in [0, 0.05) is 29.9 Å². The lowest BCUT2D eigenvalue weighted by molar-refractivity contribution is 0.767. The first-order chi connectivity index (χ1) is 15.4. The van der Waals surface area contributed by atoms with E-state index in [1.807, 2.05) is 0 Å². The van der Waals surface area contributed by atoms with E-state index in [9.17, 15) is 0 Å². The molecule has 5 aromatic rings. The van der Waals surface area contributed by atoms with Crippen LogP contribution in [0.5, 0.6) is 0 Å². The molecule has 0 radical (unpaired) electrons. The van der Waals surface area contributed by atoms with Gasteiger partial charge in [-0.15, -0.1) is 0 Å². The first-order valence-corrected chi connectivity index (χ1v) is 10.8. The monoisotopic (exact) mass is 399 g/mol. The number of benzene rings is 4. The molecule has 1 heteroatoms. The van der Waals surface area contributed by atoms with Crippen LogP contribution in [-0.4, -0.2) is 4.57 Å². The molecular weight excluding hydrogens is 374 g/mol. The zero-order chi connectivity index (χ0) is 20.9. The molecule has 150 valence electrons. The van der Waals surface area contributed by atoms with Crippen LogP contribution in [0.25, 0.3) is 22.4 Å². The summed E-state index contributed by atoms with van der Waals surface area (Å²) in [5.74, 6) is 0. The number of nitrogens with zero attached hydrogens (tertiary/aromatic N) is 1. The van der Waals surface area contributed by atoms with Crippen LogP contribution in [0.15, 0.2) is 127 Å². The van der Waals surface area contributed by atoms with E-state index in [1.165, 1.54) is 39.2 Å². The minimum absolute atomic E-state index is 0.847. The van der Waals surface area contributed by atoms with Crippen LogP contribution in [0, 0.1) is 0 Å². The van der Waals surface area contributed by atoms with Crippen molar-refractivity contribution < 1.29 is 0 Å². The van der Waals surface area contributed by atoms with Crippen LogP contribution < -0.4 is 0 Å². The van der Waals surface area contributed by atoms with E-state index in [4.69, 9.17) is 0 Å². The second-order valence-electron chi connectivity index (χ2n) is 7.86. The summed E-state index contributed by atoms with van der Waals surface area (Å²) >= 11 is 0. The Hall–Kier alpha value is -3.84. The average molecular weight is 400 g/mol. The van der Waals surface area contributed by atoms with Crippen molar-refractivity contribution in [2.45, 2.75) is 13.0 Å². The maximum absolute atomic E-state index is 2.50. The molecule has 4 aromatic carbocycles. The molecule has 0 amide bonds. The van der Waals surface area contributed by atoms with Gasteiger partial charge in [0.25, 0.3) is 0 Å². The van der Waals surface area contributed by atoms with Crippen molar-refractivity contribution >= 4 is 0 Å². The molecule has 0 aliphatic carbocycles. The molecule has 0 spiro atoms. The largest absolute Gasteiger partial charge is 0.339 e. The normalized spacial score (nSPS) is 10.8. The Balaban J connectivity index is 1.72. The van der Waals surface area contributed by atoms with Gasteiger partial charge in [0.15, 0.2) is 0 Å². The van der Waals surface area contributed by atoms with Gasteiger partial charge in [-0.25, -0.2) is 0 Å². The maximum Gasteiger partial charge on any atom is 0.0492 e. The summed E-state index contributed by atoms with van der Waals surface area (Å²) in [6.07, 6.45) is 0.894. The maximum atomic E-state index is 2.50. The summed E-state index contributed by atoms with van der Waals surface area (Å²) in [5.41, 5.74) is 9.05. The van der Waals surface area contributed by atoms with E-state index in [1.54, 1.807) is 0 Å². The molecule has 0 aliphatic rings. The molecule has 5 rings (SSSR count). The van der Waals surface area contributed by atoms with Crippen molar-refractivity contribution in [3.8, 4) is 22.4 Å². The fourth-order valence-corrected chi connectivity index (χ4v) is 4.23. The molecule has 0 N–H and O–H groups in total. The Labute approximate surface area is 184 Å². The predicted molar refractivity (Wildman–Crippen MR) is 130 cm³/mol. The van der Waals surface area contributed by atoms with E-state index in [2.05, 4.69) is 132 Å². The van der Waals surface area contributed by atoms with E-state index in [-0.39, 0.29) is 0 Å². The van der Waals surface area contributed by atoms with Crippen molar-refractivity contribution in [3.05, 3.63) is 144 Å². The van der Waals surface area contributed by atoms with Crippen LogP contribution in [-0.2, 0) is 13.0 Å². The van der Waals surface area contributed by atoms with Gasteiger partial charge in [0.2, 0.25) is 0 Å². The average Bonchev–Trinajstić information content (AvgIpc) is 3.19. The number of aromatic nitrogens is 1. The van der Waals surface area contributed by atoms with Gasteiger partial charge >= 0.3 is 0 Å². The van der Waals surface area contributed by atoms with Crippen LogP contribution in [0.1, 0.15) is 16.8 Å². The number of hydrogen-bond donors (Lipinski definition) is 0. The van der Waals surface area contributed by atoms with E-state index >= 15 is 0 Å². The highest BCUT2D eigenvalue weighted by molar-refractivity contribution is 5.75. The summed E-state index contributed by atoms with van der Waals surface area (Å²) in [6, 6.07) is 45.4. The Morgan fingerprint density at radius 1 is 0.484 bits per heavy atom. The molecule has 31 heavy (non-hydrogen) atoms. The lowest BCUT2D eigenvalue weighted by Crippen LogP contribution is -2.07. The van der Waals surface area contributed by atoms with Gasteiger partial charge in [-0.2, -0.15) is 0 Å². The second-order valence-corrected chi connectivity index (χ2v) is 7.86. The van der Waals surface area contributed by atoms with Crippen molar-refractivity contribution in [3.63, 3.8) is 0 Å². The number of hydrogen-bond acceptors (Lipinski definition) is 0. The third-order valence-electron chi connectivity index (χ3n) is 5.76. The second kappa shape index (κ2) is 8.89. The molecule has 1 nitrogen and oxygen atoms in total. The highest BCUT2D eigenvalue weighted by atomic mass is 15.0. The van der Waals surface area contributed by atoms with Gasteiger partial charge < -0.3 is 4.57 Å².